The van der Waals surface area contributed by atoms with Gasteiger partial charge in [-0.1, -0.05) is 55.4 Å². The third kappa shape index (κ3) is 4.73. The highest BCUT2D eigenvalue weighted by atomic mass is 15.2. The van der Waals surface area contributed by atoms with Crippen molar-refractivity contribution in [1.82, 2.24) is 10.2 Å². The standard InChI is InChI=1S/C18H38N2/c1-9-15-10-19-17(18(6,7)8)12-20(15)11-16(13(2)3)14(4)5/h13-17,19H,9-12H2,1-8H3. The highest BCUT2D eigenvalue weighted by molar-refractivity contribution is 4.92. The summed E-state index contributed by atoms with van der Waals surface area (Å²) in [5.74, 6) is 2.36. The minimum atomic E-state index is 0.349. The van der Waals surface area contributed by atoms with Crippen molar-refractivity contribution < 1.29 is 0 Å². The Balaban J connectivity index is 2.76. The number of hydrogen-bond acceptors (Lipinski definition) is 2. The maximum Gasteiger partial charge on any atom is 0.0244 e. The van der Waals surface area contributed by atoms with Crippen LogP contribution in [0.4, 0.5) is 0 Å². The van der Waals surface area contributed by atoms with E-state index in [1.54, 1.807) is 0 Å². The molecule has 1 fully saturated rings. The molecule has 2 heteroatoms. The molecular weight excluding hydrogens is 244 g/mol. The molecule has 2 nitrogen and oxygen atoms in total. The van der Waals surface area contributed by atoms with Gasteiger partial charge in [0, 0.05) is 31.7 Å². The molecule has 1 rings (SSSR count). The minimum absolute atomic E-state index is 0.349. The molecule has 2 unspecified atom stereocenters. The molecule has 0 spiro atoms. The topological polar surface area (TPSA) is 15.3 Å². The smallest absolute Gasteiger partial charge is 0.0244 e. The second-order valence-corrected chi connectivity index (χ2v) is 8.49. The van der Waals surface area contributed by atoms with Crippen LogP contribution in [0.5, 0.6) is 0 Å². The van der Waals surface area contributed by atoms with Crippen molar-refractivity contribution >= 4 is 0 Å². The molecule has 0 aromatic carbocycles. The second kappa shape index (κ2) is 7.26. The largest absolute Gasteiger partial charge is 0.311 e. The Kier molecular flexibility index (Phi) is 6.53. The van der Waals surface area contributed by atoms with Gasteiger partial charge in [-0.05, 0) is 29.6 Å². The van der Waals surface area contributed by atoms with Crippen LogP contribution in [0.2, 0.25) is 0 Å². The zero-order valence-corrected chi connectivity index (χ0v) is 15.2. The summed E-state index contributed by atoms with van der Waals surface area (Å²) >= 11 is 0. The summed E-state index contributed by atoms with van der Waals surface area (Å²) in [6.07, 6.45) is 1.26. The Morgan fingerprint density at radius 2 is 1.65 bits per heavy atom. The fourth-order valence-electron chi connectivity index (χ4n) is 3.52. The van der Waals surface area contributed by atoms with Crippen LogP contribution in [-0.4, -0.2) is 36.6 Å². The summed E-state index contributed by atoms with van der Waals surface area (Å²) in [6, 6.07) is 1.33. The van der Waals surface area contributed by atoms with Crippen LogP contribution >= 0.6 is 0 Å². The average Bonchev–Trinajstić information content (AvgIpc) is 2.33. The van der Waals surface area contributed by atoms with Crippen LogP contribution in [0.15, 0.2) is 0 Å². The number of hydrogen-bond donors (Lipinski definition) is 1. The lowest BCUT2D eigenvalue weighted by molar-refractivity contribution is 0.0534. The molecule has 1 aliphatic rings. The summed E-state index contributed by atoms with van der Waals surface area (Å²) in [5.41, 5.74) is 0.349. The summed E-state index contributed by atoms with van der Waals surface area (Å²) in [6.45, 7) is 22.6. The summed E-state index contributed by atoms with van der Waals surface area (Å²) in [7, 11) is 0. The summed E-state index contributed by atoms with van der Waals surface area (Å²) < 4.78 is 0. The van der Waals surface area contributed by atoms with E-state index in [9.17, 15) is 0 Å². The quantitative estimate of drug-likeness (QED) is 0.819. The molecular formula is C18H38N2. The Hall–Kier alpha value is -0.0800. The molecule has 120 valence electrons. The second-order valence-electron chi connectivity index (χ2n) is 8.49. The Morgan fingerprint density at radius 3 is 2.05 bits per heavy atom. The molecule has 0 bridgehead atoms. The van der Waals surface area contributed by atoms with Crippen molar-refractivity contribution in [3.63, 3.8) is 0 Å². The number of nitrogens with one attached hydrogen (secondary N) is 1. The third-order valence-corrected chi connectivity index (χ3v) is 5.21. The zero-order chi connectivity index (χ0) is 15.5. The molecule has 20 heavy (non-hydrogen) atoms. The van der Waals surface area contributed by atoms with E-state index in [2.05, 4.69) is 65.6 Å². The van der Waals surface area contributed by atoms with Gasteiger partial charge in [0.15, 0.2) is 0 Å². The van der Waals surface area contributed by atoms with Crippen LogP contribution in [0.3, 0.4) is 0 Å². The first kappa shape index (κ1) is 18.0. The van der Waals surface area contributed by atoms with Gasteiger partial charge in [-0.15, -0.1) is 0 Å². The van der Waals surface area contributed by atoms with E-state index in [0.717, 1.165) is 24.3 Å². The Bertz CT molecular complexity index is 270. The molecule has 1 heterocycles. The zero-order valence-electron chi connectivity index (χ0n) is 15.2. The van der Waals surface area contributed by atoms with Gasteiger partial charge < -0.3 is 5.32 Å². The first-order valence-corrected chi connectivity index (χ1v) is 8.64. The number of piperazine rings is 1. The van der Waals surface area contributed by atoms with Gasteiger partial charge in [-0.3, -0.25) is 4.90 Å². The van der Waals surface area contributed by atoms with Gasteiger partial charge in [0.1, 0.15) is 0 Å². The third-order valence-electron chi connectivity index (χ3n) is 5.21. The van der Waals surface area contributed by atoms with Crippen molar-refractivity contribution in [3.8, 4) is 0 Å². The number of rotatable bonds is 5. The SMILES string of the molecule is CCC1CNC(C(C)(C)C)CN1CC(C(C)C)C(C)C. The lowest BCUT2D eigenvalue weighted by atomic mass is 9.82. The van der Waals surface area contributed by atoms with Crippen molar-refractivity contribution in [3.05, 3.63) is 0 Å². The van der Waals surface area contributed by atoms with E-state index < -0.39 is 0 Å². The van der Waals surface area contributed by atoms with E-state index in [1.165, 1.54) is 19.5 Å². The van der Waals surface area contributed by atoms with Crippen molar-refractivity contribution in [2.24, 2.45) is 23.2 Å². The molecule has 1 saturated heterocycles. The van der Waals surface area contributed by atoms with Gasteiger partial charge in [-0.2, -0.15) is 0 Å². The first-order chi connectivity index (χ1) is 9.16. The molecule has 1 N–H and O–H groups in total. The molecule has 0 radical (unpaired) electrons. The Labute approximate surface area is 127 Å². The minimum Gasteiger partial charge on any atom is -0.311 e. The predicted octanol–water partition coefficient (Wildman–Crippen LogP) is 4.01. The van der Waals surface area contributed by atoms with E-state index in [0.29, 0.717) is 17.5 Å². The van der Waals surface area contributed by atoms with Crippen molar-refractivity contribution in [2.75, 3.05) is 19.6 Å². The highest BCUT2D eigenvalue weighted by Crippen LogP contribution is 2.28. The van der Waals surface area contributed by atoms with Crippen LogP contribution in [0, 0.1) is 23.2 Å². The Morgan fingerprint density at radius 1 is 1.10 bits per heavy atom. The van der Waals surface area contributed by atoms with Crippen molar-refractivity contribution in [1.29, 1.82) is 0 Å². The molecule has 0 amide bonds. The summed E-state index contributed by atoms with van der Waals surface area (Å²) in [5, 5.41) is 3.78. The fraction of sp³-hybridized carbons (Fsp3) is 1.00. The number of nitrogens with zero attached hydrogens (tertiary/aromatic N) is 1. The maximum absolute atomic E-state index is 3.78. The molecule has 1 aliphatic heterocycles. The first-order valence-electron chi connectivity index (χ1n) is 8.64. The van der Waals surface area contributed by atoms with Crippen LogP contribution < -0.4 is 5.32 Å². The van der Waals surface area contributed by atoms with Gasteiger partial charge in [0.05, 0.1) is 0 Å². The normalized spacial score (nSPS) is 25.9. The lowest BCUT2D eigenvalue weighted by Crippen LogP contribution is -2.61. The monoisotopic (exact) mass is 282 g/mol. The van der Waals surface area contributed by atoms with Crippen molar-refractivity contribution in [2.45, 2.75) is 73.9 Å². The molecule has 0 aromatic heterocycles. The van der Waals surface area contributed by atoms with Crippen LogP contribution in [0.25, 0.3) is 0 Å². The molecule has 0 aromatic rings. The van der Waals surface area contributed by atoms with E-state index >= 15 is 0 Å². The highest BCUT2D eigenvalue weighted by Gasteiger charge is 2.34. The van der Waals surface area contributed by atoms with Gasteiger partial charge in [-0.25, -0.2) is 0 Å². The van der Waals surface area contributed by atoms with E-state index in [-0.39, 0.29) is 0 Å². The van der Waals surface area contributed by atoms with Gasteiger partial charge in [0.25, 0.3) is 0 Å². The fourth-order valence-corrected chi connectivity index (χ4v) is 3.52. The molecule has 2 atom stereocenters. The van der Waals surface area contributed by atoms with Crippen LogP contribution in [0.1, 0.15) is 61.8 Å². The lowest BCUT2D eigenvalue weighted by Gasteiger charge is -2.46. The molecule has 0 saturated carbocycles. The van der Waals surface area contributed by atoms with E-state index in [4.69, 9.17) is 0 Å². The average molecular weight is 283 g/mol. The molecule has 0 aliphatic carbocycles. The van der Waals surface area contributed by atoms with E-state index in [1.807, 2.05) is 0 Å². The predicted molar refractivity (Wildman–Crippen MR) is 90.1 cm³/mol. The maximum atomic E-state index is 3.78. The van der Waals surface area contributed by atoms with Gasteiger partial charge in [0.2, 0.25) is 0 Å². The van der Waals surface area contributed by atoms with Gasteiger partial charge >= 0.3 is 0 Å². The van der Waals surface area contributed by atoms with Crippen LogP contribution in [-0.2, 0) is 0 Å². The summed E-state index contributed by atoms with van der Waals surface area (Å²) in [4.78, 5) is 2.77.